The van der Waals surface area contributed by atoms with Crippen LogP contribution in [0.1, 0.15) is 15.2 Å². The second-order valence-corrected chi connectivity index (χ2v) is 5.80. The Labute approximate surface area is 110 Å². The van der Waals surface area contributed by atoms with Gasteiger partial charge >= 0.3 is 0 Å². The highest BCUT2D eigenvalue weighted by atomic mass is 79.9. The van der Waals surface area contributed by atoms with E-state index in [1.54, 1.807) is 30.3 Å². The first-order valence-electron chi connectivity index (χ1n) is 4.43. The Morgan fingerprint density at radius 2 is 2.06 bits per heavy atom. The van der Waals surface area contributed by atoms with Crippen LogP contribution < -0.4 is 5.73 Å². The van der Waals surface area contributed by atoms with E-state index >= 15 is 0 Å². The van der Waals surface area contributed by atoms with Crippen LogP contribution in [0.5, 0.6) is 0 Å². The van der Waals surface area contributed by atoms with Crippen molar-refractivity contribution < 1.29 is 4.79 Å². The van der Waals surface area contributed by atoms with Gasteiger partial charge in [-0.05, 0) is 30.3 Å². The lowest BCUT2D eigenvalue weighted by atomic mass is 10.1. The number of nitrogen functional groups attached to an aromatic ring is 1. The smallest absolute Gasteiger partial charge is 0.205 e. The van der Waals surface area contributed by atoms with Crippen LogP contribution in [0.2, 0.25) is 4.34 Å². The third-order valence-electron chi connectivity index (χ3n) is 2.06. The van der Waals surface area contributed by atoms with Crippen molar-refractivity contribution in [3.8, 4) is 0 Å². The van der Waals surface area contributed by atoms with E-state index in [1.807, 2.05) is 0 Å². The molecule has 0 atom stereocenters. The molecule has 0 fully saturated rings. The minimum atomic E-state index is -0.0955. The highest BCUT2D eigenvalue weighted by molar-refractivity contribution is 9.10. The van der Waals surface area contributed by atoms with Gasteiger partial charge in [-0.25, -0.2) is 0 Å². The van der Waals surface area contributed by atoms with E-state index in [0.717, 1.165) is 4.47 Å². The molecule has 0 saturated heterocycles. The van der Waals surface area contributed by atoms with Gasteiger partial charge in [0.15, 0.2) is 0 Å². The lowest BCUT2D eigenvalue weighted by molar-refractivity contribution is 0.104. The molecule has 0 unspecified atom stereocenters. The van der Waals surface area contributed by atoms with E-state index < -0.39 is 0 Å². The van der Waals surface area contributed by atoms with Crippen molar-refractivity contribution in [3.05, 3.63) is 49.6 Å². The molecular weight excluding hydrogens is 310 g/mol. The fourth-order valence-electron chi connectivity index (χ4n) is 1.31. The number of nitrogens with two attached hydrogens (primary N) is 1. The van der Waals surface area contributed by atoms with Crippen LogP contribution in [0.4, 0.5) is 5.69 Å². The maximum absolute atomic E-state index is 12.0. The molecule has 0 aliphatic carbocycles. The maximum atomic E-state index is 12.0. The maximum Gasteiger partial charge on any atom is 0.205 e. The number of hydrogen-bond acceptors (Lipinski definition) is 3. The predicted octanol–water partition coefficient (Wildman–Crippen LogP) is 3.98. The average molecular weight is 317 g/mol. The first-order valence-corrected chi connectivity index (χ1v) is 6.42. The highest BCUT2D eigenvalue weighted by Crippen LogP contribution is 2.27. The molecule has 16 heavy (non-hydrogen) atoms. The Balaban J connectivity index is 2.41. The summed E-state index contributed by atoms with van der Waals surface area (Å²) < 4.78 is 1.45. The number of anilines is 1. The van der Waals surface area contributed by atoms with E-state index in [1.165, 1.54) is 11.3 Å². The van der Waals surface area contributed by atoms with Gasteiger partial charge in [0.2, 0.25) is 5.78 Å². The van der Waals surface area contributed by atoms with Crippen molar-refractivity contribution >= 4 is 50.3 Å². The standard InChI is InChI=1S/C11H7BrClNOS/c12-6-1-2-7(8(14)5-6)11(15)9-3-4-10(13)16-9/h1-5H,14H2. The van der Waals surface area contributed by atoms with Crippen LogP contribution in [0, 0.1) is 0 Å². The zero-order valence-corrected chi connectivity index (χ0v) is 11.2. The molecule has 2 nitrogen and oxygen atoms in total. The molecule has 0 aliphatic heterocycles. The van der Waals surface area contributed by atoms with Gasteiger partial charge in [0, 0.05) is 15.7 Å². The van der Waals surface area contributed by atoms with Crippen molar-refractivity contribution in [1.29, 1.82) is 0 Å². The third-order valence-corrected chi connectivity index (χ3v) is 3.78. The van der Waals surface area contributed by atoms with Crippen LogP contribution in [0.3, 0.4) is 0 Å². The van der Waals surface area contributed by atoms with Gasteiger partial charge in [-0.3, -0.25) is 4.79 Å². The molecule has 2 rings (SSSR count). The number of carbonyl (C=O) groups is 1. The summed E-state index contributed by atoms with van der Waals surface area (Å²) >= 11 is 10.3. The normalized spacial score (nSPS) is 10.4. The predicted molar refractivity (Wildman–Crippen MR) is 71.3 cm³/mol. The zero-order chi connectivity index (χ0) is 11.7. The van der Waals surface area contributed by atoms with Crippen LogP contribution >= 0.6 is 38.9 Å². The minimum absolute atomic E-state index is 0.0955. The van der Waals surface area contributed by atoms with Crippen molar-refractivity contribution in [2.75, 3.05) is 5.73 Å². The molecule has 0 amide bonds. The number of hydrogen-bond donors (Lipinski definition) is 1. The monoisotopic (exact) mass is 315 g/mol. The van der Waals surface area contributed by atoms with Crippen LogP contribution in [0.15, 0.2) is 34.8 Å². The Hall–Kier alpha value is -0.840. The number of ketones is 1. The number of thiophene rings is 1. The van der Waals surface area contributed by atoms with Gasteiger partial charge in [0.05, 0.1) is 9.21 Å². The van der Waals surface area contributed by atoms with Gasteiger partial charge in [-0.1, -0.05) is 27.5 Å². The molecule has 5 heteroatoms. The van der Waals surface area contributed by atoms with Crippen LogP contribution in [-0.2, 0) is 0 Å². The molecular formula is C11H7BrClNOS. The number of carbonyl (C=O) groups excluding carboxylic acids is 1. The number of halogens is 2. The molecule has 2 N–H and O–H groups in total. The van der Waals surface area contributed by atoms with Gasteiger partial charge in [0.25, 0.3) is 0 Å². The Morgan fingerprint density at radius 3 is 2.62 bits per heavy atom. The Kier molecular flexibility index (Phi) is 3.33. The molecule has 0 bridgehead atoms. The van der Waals surface area contributed by atoms with E-state index in [0.29, 0.717) is 20.5 Å². The lowest BCUT2D eigenvalue weighted by Crippen LogP contribution is -2.03. The first-order chi connectivity index (χ1) is 7.58. The largest absolute Gasteiger partial charge is 0.398 e. The Bertz CT molecular complexity index is 553. The summed E-state index contributed by atoms with van der Waals surface area (Å²) in [7, 11) is 0. The Morgan fingerprint density at radius 1 is 1.31 bits per heavy atom. The summed E-state index contributed by atoms with van der Waals surface area (Å²) in [5, 5.41) is 0. The van der Waals surface area contributed by atoms with Crippen LogP contribution in [0.25, 0.3) is 0 Å². The molecule has 1 aromatic carbocycles. The SMILES string of the molecule is Nc1cc(Br)ccc1C(=O)c1ccc(Cl)s1. The zero-order valence-electron chi connectivity index (χ0n) is 8.04. The second-order valence-electron chi connectivity index (χ2n) is 3.16. The van der Waals surface area contributed by atoms with Crippen molar-refractivity contribution in [2.24, 2.45) is 0 Å². The molecule has 82 valence electrons. The topological polar surface area (TPSA) is 43.1 Å². The quantitative estimate of drug-likeness (QED) is 0.673. The summed E-state index contributed by atoms with van der Waals surface area (Å²) in [6.07, 6.45) is 0. The van der Waals surface area contributed by atoms with Gasteiger partial charge in [-0.2, -0.15) is 0 Å². The third kappa shape index (κ3) is 2.29. The highest BCUT2D eigenvalue weighted by Gasteiger charge is 2.14. The molecule has 0 saturated carbocycles. The van der Waals surface area contributed by atoms with Crippen LogP contribution in [-0.4, -0.2) is 5.78 Å². The number of benzene rings is 1. The molecule has 0 aliphatic rings. The van der Waals surface area contributed by atoms with Gasteiger partial charge < -0.3 is 5.73 Å². The molecule has 2 aromatic rings. The van der Waals surface area contributed by atoms with Crippen molar-refractivity contribution in [3.63, 3.8) is 0 Å². The summed E-state index contributed by atoms with van der Waals surface area (Å²) in [6, 6.07) is 8.61. The lowest BCUT2D eigenvalue weighted by Gasteiger charge is -2.03. The fourth-order valence-corrected chi connectivity index (χ4v) is 2.69. The minimum Gasteiger partial charge on any atom is -0.398 e. The first kappa shape index (κ1) is 11.6. The summed E-state index contributed by atoms with van der Waals surface area (Å²) in [5.41, 5.74) is 6.75. The second kappa shape index (κ2) is 4.57. The summed E-state index contributed by atoms with van der Waals surface area (Å²) in [4.78, 5) is 12.6. The van der Waals surface area contributed by atoms with Crippen molar-refractivity contribution in [2.45, 2.75) is 0 Å². The molecule has 0 spiro atoms. The molecule has 1 aromatic heterocycles. The molecule has 0 radical (unpaired) electrons. The van der Waals surface area contributed by atoms with Crippen molar-refractivity contribution in [1.82, 2.24) is 0 Å². The summed E-state index contributed by atoms with van der Waals surface area (Å²) in [6.45, 7) is 0. The molecule has 1 heterocycles. The van der Waals surface area contributed by atoms with Gasteiger partial charge in [0.1, 0.15) is 0 Å². The number of rotatable bonds is 2. The van der Waals surface area contributed by atoms with Gasteiger partial charge in [-0.15, -0.1) is 11.3 Å². The van der Waals surface area contributed by atoms with E-state index in [9.17, 15) is 4.79 Å². The fraction of sp³-hybridized carbons (Fsp3) is 0. The van der Waals surface area contributed by atoms with E-state index in [-0.39, 0.29) is 5.78 Å². The summed E-state index contributed by atoms with van der Waals surface area (Å²) in [5.74, 6) is -0.0955. The van der Waals surface area contributed by atoms with E-state index in [2.05, 4.69) is 15.9 Å². The average Bonchev–Trinajstić information content (AvgIpc) is 2.64. The van der Waals surface area contributed by atoms with E-state index in [4.69, 9.17) is 17.3 Å².